The molecule has 2 unspecified atom stereocenters. The normalized spacial score (nSPS) is 15.0. The molecule has 0 aliphatic carbocycles. The molecule has 0 radical (unpaired) electrons. The molecule has 0 aliphatic rings. The molecule has 2 atom stereocenters. The van der Waals surface area contributed by atoms with Gasteiger partial charge in [-0.05, 0) is 30.3 Å². The summed E-state index contributed by atoms with van der Waals surface area (Å²) in [5.74, 6) is 0.179. The molecular formula is C11H20N2O2S. The summed E-state index contributed by atoms with van der Waals surface area (Å²) in [4.78, 5) is 0.922. The maximum atomic E-state index is 10.2. The van der Waals surface area contributed by atoms with Gasteiger partial charge in [0, 0.05) is 13.7 Å². The Morgan fingerprint density at radius 3 is 2.88 bits per heavy atom. The second kappa shape index (κ2) is 6.93. The van der Waals surface area contributed by atoms with Gasteiger partial charge < -0.3 is 9.84 Å². The van der Waals surface area contributed by atoms with Gasteiger partial charge in [-0.15, -0.1) is 5.10 Å². The van der Waals surface area contributed by atoms with Crippen LogP contribution in [0.3, 0.4) is 0 Å². The van der Waals surface area contributed by atoms with Gasteiger partial charge in [0.25, 0.3) is 0 Å². The highest BCUT2D eigenvalue weighted by Crippen LogP contribution is 2.29. The van der Waals surface area contributed by atoms with E-state index in [2.05, 4.69) is 16.5 Å². The largest absolute Gasteiger partial charge is 0.387 e. The van der Waals surface area contributed by atoms with Crippen LogP contribution in [0.1, 0.15) is 43.4 Å². The number of nitrogens with zero attached hydrogens (tertiary/aromatic N) is 2. The summed E-state index contributed by atoms with van der Waals surface area (Å²) in [5, 5.41) is 14.3. The number of ether oxygens (including phenoxy) is 1. The summed E-state index contributed by atoms with van der Waals surface area (Å²) in [6.07, 6.45) is 2.30. The van der Waals surface area contributed by atoms with E-state index in [1.165, 1.54) is 11.5 Å². The van der Waals surface area contributed by atoms with Crippen LogP contribution in [0.2, 0.25) is 0 Å². The van der Waals surface area contributed by atoms with Crippen molar-refractivity contribution in [3.05, 3.63) is 10.6 Å². The predicted octanol–water partition coefficient (Wildman–Crippen LogP) is 2.20. The highest BCUT2D eigenvalue weighted by atomic mass is 32.1. The van der Waals surface area contributed by atoms with Gasteiger partial charge in [0.2, 0.25) is 0 Å². The lowest BCUT2D eigenvalue weighted by molar-refractivity contribution is 0.0903. The molecule has 0 aromatic carbocycles. The molecule has 1 rings (SSSR count). The fourth-order valence-electron chi connectivity index (χ4n) is 1.57. The number of hydrogen-bond donors (Lipinski definition) is 1. The van der Waals surface area contributed by atoms with Crippen LogP contribution in [0, 0.1) is 5.92 Å². The number of rotatable bonds is 7. The second-order valence-corrected chi connectivity index (χ2v) is 4.82. The topological polar surface area (TPSA) is 55.2 Å². The Hall–Kier alpha value is -0.520. The van der Waals surface area contributed by atoms with Crippen molar-refractivity contribution in [2.45, 2.75) is 39.2 Å². The maximum Gasteiger partial charge on any atom is 0.0943 e. The van der Waals surface area contributed by atoms with Gasteiger partial charge in [-0.1, -0.05) is 24.8 Å². The van der Waals surface area contributed by atoms with Crippen LogP contribution in [0.5, 0.6) is 0 Å². The summed E-state index contributed by atoms with van der Waals surface area (Å²) in [7, 11) is 1.68. The Kier molecular flexibility index (Phi) is 5.87. The van der Waals surface area contributed by atoms with E-state index in [0.717, 1.165) is 29.8 Å². The fourth-order valence-corrected chi connectivity index (χ4v) is 2.39. The SMILES string of the molecule is CCCc1nnsc1C(O)C(C)CCOC. The number of aryl methyl sites for hydroxylation is 1. The number of aliphatic hydroxyl groups excluding tert-OH is 1. The van der Waals surface area contributed by atoms with Crippen molar-refractivity contribution >= 4 is 11.5 Å². The molecule has 0 aliphatic heterocycles. The van der Waals surface area contributed by atoms with Crippen LogP contribution in [0.4, 0.5) is 0 Å². The van der Waals surface area contributed by atoms with Gasteiger partial charge in [-0.25, -0.2) is 0 Å². The van der Waals surface area contributed by atoms with Gasteiger partial charge in [0.1, 0.15) is 0 Å². The first-order chi connectivity index (χ1) is 7.70. The van der Waals surface area contributed by atoms with E-state index in [-0.39, 0.29) is 5.92 Å². The average molecular weight is 244 g/mol. The van der Waals surface area contributed by atoms with E-state index in [9.17, 15) is 5.11 Å². The zero-order valence-corrected chi connectivity index (χ0v) is 11.0. The summed E-state index contributed by atoms with van der Waals surface area (Å²) in [5.41, 5.74) is 0.948. The minimum Gasteiger partial charge on any atom is -0.387 e. The number of aliphatic hydroxyl groups is 1. The van der Waals surface area contributed by atoms with Crippen LogP contribution in [-0.4, -0.2) is 28.4 Å². The molecule has 0 bridgehead atoms. The standard InChI is InChI=1S/C11H20N2O2S/c1-4-5-9-11(16-13-12-9)10(14)8(2)6-7-15-3/h8,10,14H,4-7H2,1-3H3. The molecular weight excluding hydrogens is 224 g/mol. The average Bonchev–Trinajstić information content (AvgIpc) is 2.73. The number of methoxy groups -OCH3 is 1. The zero-order chi connectivity index (χ0) is 12.0. The second-order valence-electron chi connectivity index (χ2n) is 4.04. The molecule has 0 saturated carbocycles. The number of hydrogen-bond acceptors (Lipinski definition) is 5. The summed E-state index contributed by atoms with van der Waals surface area (Å²) < 4.78 is 8.94. The molecule has 0 saturated heterocycles. The fraction of sp³-hybridized carbons (Fsp3) is 0.818. The van der Waals surface area contributed by atoms with Gasteiger partial charge in [0.05, 0.1) is 16.7 Å². The van der Waals surface area contributed by atoms with Crippen molar-refractivity contribution < 1.29 is 9.84 Å². The lowest BCUT2D eigenvalue weighted by atomic mass is 9.98. The van der Waals surface area contributed by atoms with Crippen LogP contribution in [-0.2, 0) is 11.2 Å². The molecule has 0 amide bonds. The van der Waals surface area contributed by atoms with E-state index < -0.39 is 6.10 Å². The van der Waals surface area contributed by atoms with Crippen molar-refractivity contribution in [3.8, 4) is 0 Å². The predicted molar refractivity (Wildman–Crippen MR) is 64.5 cm³/mol. The van der Waals surface area contributed by atoms with Crippen molar-refractivity contribution in [2.24, 2.45) is 5.92 Å². The van der Waals surface area contributed by atoms with Gasteiger partial charge in [-0.2, -0.15) is 0 Å². The van der Waals surface area contributed by atoms with Crippen LogP contribution in [0.25, 0.3) is 0 Å². The van der Waals surface area contributed by atoms with Crippen molar-refractivity contribution in [3.63, 3.8) is 0 Å². The van der Waals surface area contributed by atoms with Crippen LogP contribution >= 0.6 is 11.5 Å². The Balaban J connectivity index is 2.63. The maximum absolute atomic E-state index is 10.2. The monoisotopic (exact) mass is 244 g/mol. The Morgan fingerprint density at radius 2 is 2.25 bits per heavy atom. The van der Waals surface area contributed by atoms with E-state index in [1.807, 2.05) is 6.92 Å². The summed E-state index contributed by atoms with van der Waals surface area (Å²) >= 11 is 1.31. The molecule has 1 aromatic heterocycles. The summed E-state index contributed by atoms with van der Waals surface area (Å²) in [6, 6.07) is 0. The van der Waals surface area contributed by atoms with E-state index in [0.29, 0.717) is 6.61 Å². The molecule has 5 heteroatoms. The number of aromatic nitrogens is 2. The van der Waals surface area contributed by atoms with E-state index in [4.69, 9.17) is 4.74 Å². The third-order valence-corrected chi connectivity index (χ3v) is 3.49. The van der Waals surface area contributed by atoms with Crippen LogP contribution < -0.4 is 0 Å². The first-order valence-electron chi connectivity index (χ1n) is 5.68. The first-order valence-corrected chi connectivity index (χ1v) is 6.46. The molecule has 1 N–H and O–H groups in total. The molecule has 0 spiro atoms. The van der Waals surface area contributed by atoms with Crippen molar-refractivity contribution in [1.29, 1.82) is 0 Å². The first kappa shape index (κ1) is 13.5. The molecule has 1 aromatic rings. The highest BCUT2D eigenvalue weighted by molar-refractivity contribution is 7.05. The lowest BCUT2D eigenvalue weighted by Crippen LogP contribution is -2.12. The van der Waals surface area contributed by atoms with E-state index in [1.54, 1.807) is 7.11 Å². The van der Waals surface area contributed by atoms with Gasteiger partial charge in [0.15, 0.2) is 0 Å². The minimum absolute atomic E-state index is 0.179. The molecule has 16 heavy (non-hydrogen) atoms. The van der Waals surface area contributed by atoms with Gasteiger partial charge >= 0.3 is 0 Å². The lowest BCUT2D eigenvalue weighted by Gasteiger charge is -2.17. The molecule has 0 fully saturated rings. The Bertz CT molecular complexity index is 304. The molecule has 4 nitrogen and oxygen atoms in total. The van der Waals surface area contributed by atoms with E-state index >= 15 is 0 Å². The zero-order valence-electron chi connectivity index (χ0n) is 10.1. The quantitative estimate of drug-likeness (QED) is 0.799. The third kappa shape index (κ3) is 3.50. The van der Waals surface area contributed by atoms with Crippen LogP contribution in [0.15, 0.2) is 0 Å². The Morgan fingerprint density at radius 1 is 1.50 bits per heavy atom. The summed E-state index contributed by atoms with van der Waals surface area (Å²) in [6.45, 7) is 4.80. The highest BCUT2D eigenvalue weighted by Gasteiger charge is 2.22. The molecule has 92 valence electrons. The van der Waals surface area contributed by atoms with Crippen molar-refractivity contribution in [2.75, 3.05) is 13.7 Å². The smallest absolute Gasteiger partial charge is 0.0943 e. The van der Waals surface area contributed by atoms with Gasteiger partial charge in [-0.3, -0.25) is 0 Å². The molecule has 1 heterocycles. The minimum atomic E-state index is -0.461. The Labute approximate surface area is 101 Å². The third-order valence-electron chi connectivity index (χ3n) is 2.66. The van der Waals surface area contributed by atoms with Crippen molar-refractivity contribution in [1.82, 2.24) is 9.59 Å².